The van der Waals surface area contributed by atoms with E-state index in [4.69, 9.17) is 5.73 Å². The number of rotatable bonds is 2. The Kier molecular flexibility index (Phi) is 3.48. The molecule has 1 saturated heterocycles. The zero-order valence-electron chi connectivity index (χ0n) is 10.5. The molecule has 92 valence electrons. The summed E-state index contributed by atoms with van der Waals surface area (Å²) in [6, 6.07) is 8.10. The third-order valence-electron chi connectivity index (χ3n) is 3.47. The van der Waals surface area contributed by atoms with Gasteiger partial charge in [-0.05, 0) is 37.8 Å². The van der Waals surface area contributed by atoms with Gasteiger partial charge in [-0.25, -0.2) is 0 Å². The van der Waals surface area contributed by atoms with Crippen molar-refractivity contribution in [1.82, 2.24) is 4.90 Å². The predicted molar refractivity (Wildman–Crippen MR) is 68.5 cm³/mol. The second-order valence-electron chi connectivity index (χ2n) is 4.83. The van der Waals surface area contributed by atoms with Crippen LogP contribution in [0.2, 0.25) is 0 Å². The van der Waals surface area contributed by atoms with Crippen molar-refractivity contribution in [1.29, 1.82) is 0 Å². The van der Waals surface area contributed by atoms with Gasteiger partial charge in [0.1, 0.15) is 0 Å². The van der Waals surface area contributed by atoms with E-state index in [2.05, 4.69) is 19.1 Å². The third-order valence-corrected chi connectivity index (χ3v) is 3.47. The van der Waals surface area contributed by atoms with Crippen molar-refractivity contribution >= 4 is 5.91 Å². The van der Waals surface area contributed by atoms with E-state index in [1.54, 1.807) is 6.92 Å². The van der Waals surface area contributed by atoms with Gasteiger partial charge in [0.25, 0.3) is 0 Å². The van der Waals surface area contributed by atoms with E-state index in [0.717, 1.165) is 19.4 Å². The highest BCUT2D eigenvalue weighted by Gasteiger charge is 2.31. The first kappa shape index (κ1) is 12.1. The molecule has 1 unspecified atom stereocenters. The molecular formula is C14H20N2O. The average molecular weight is 232 g/mol. The standard InChI is InChI=1S/C14H20N2O/c1-10-6-3-4-7-12(10)13-8-5-9-16(13)14(17)11(2)15/h3-4,6-7,11,13H,5,8-9,15H2,1-2H3/t11-,13?/m1/s1. The Bertz CT molecular complexity index is 414. The van der Waals surface area contributed by atoms with Crippen LogP contribution in [-0.4, -0.2) is 23.4 Å². The minimum Gasteiger partial charge on any atom is -0.334 e. The molecule has 0 spiro atoms. The summed E-state index contributed by atoms with van der Waals surface area (Å²) in [6.07, 6.45) is 2.11. The number of nitrogens with zero attached hydrogens (tertiary/aromatic N) is 1. The van der Waals surface area contributed by atoms with Crippen LogP contribution in [0.15, 0.2) is 24.3 Å². The Labute approximate surface area is 103 Å². The highest BCUT2D eigenvalue weighted by Crippen LogP contribution is 2.33. The molecule has 1 aliphatic heterocycles. The van der Waals surface area contributed by atoms with E-state index in [0.29, 0.717) is 0 Å². The summed E-state index contributed by atoms with van der Waals surface area (Å²) < 4.78 is 0. The molecule has 0 aromatic heterocycles. The molecule has 3 nitrogen and oxygen atoms in total. The van der Waals surface area contributed by atoms with Crippen LogP contribution in [0.4, 0.5) is 0 Å². The van der Waals surface area contributed by atoms with Crippen LogP contribution in [0.25, 0.3) is 0 Å². The summed E-state index contributed by atoms with van der Waals surface area (Å²) >= 11 is 0. The molecule has 1 aromatic rings. The number of likely N-dealkylation sites (tertiary alicyclic amines) is 1. The van der Waals surface area contributed by atoms with Gasteiger partial charge >= 0.3 is 0 Å². The van der Waals surface area contributed by atoms with Crippen LogP contribution in [0.1, 0.15) is 36.9 Å². The largest absolute Gasteiger partial charge is 0.334 e. The van der Waals surface area contributed by atoms with Gasteiger partial charge in [-0.15, -0.1) is 0 Å². The van der Waals surface area contributed by atoms with Gasteiger partial charge in [-0.2, -0.15) is 0 Å². The van der Waals surface area contributed by atoms with E-state index >= 15 is 0 Å². The molecule has 0 aliphatic carbocycles. The highest BCUT2D eigenvalue weighted by atomic mass is 16.2. The van der Waals surface area contributed by atoms with Gasteiger partial charge in [-0.3, -0.25) is 4.79 Å². The Balaban J connectivity index is 2.26. The fourth-order valence-corrected chi connectivity index (χ4v) is 2.58. The molecule has 2 rings (SSSR count). The highest BCUT2D eigenvalue weighted by molar-refractivity contribution is 5.82. The molecule has 0 radical (unpaired) electrons. The lowest BCUT2D eigenvalue weighted by molar-refractivity contribution is -0.133. The summed E-state index contributed by atoms with van der Waals surface area (Å²) in [6.45, 7) is 4.69. The van der Waals surface area contributed by atoms with Gasteiger partial charge in [-0.1, -0.05) is 24.3 Å². The van der Waals surface area contributed by atoms with Crippen LogP contribution >= 0.6 is 0 Å². The quantitative estimate of drug-likeness (QED) is 0.847. The van der Waals surface area contributed by atoms with E-state index in [1.807, 2.05) is 17.0 Å². The molecule has 1 amide bonds. The van der Waals surface area contributed by atoms with E-state index in [9.17, 15) is 4.79 Å². The summed E-state index contributed by atoms with van der Waals surface area (Å²) in [5, 5.41) is 0. The molecule has 1 aliphatic rings. The third kappa shape index (κ3) is 2.34. The van der Waals surface area contributed by atoms with Gasteiger partial charge < -0.3 is 10.6 Å². The van der Waals surface area contributed by atoms with Crippen molar-refractivity contribution in [3.8, 4) is 0 Å². The van der Waals surface area contributed by atoms with E-state index in [-0.39, 0.29) is 11.9 Å². The Hall–Kier alpha value is -1.35. The molecule has 2 N–H and O–H groups in total. The Morgan fingerprint density at radius 3 is 2.82 bits per heavy atom. The second kappa shape index (κ2) is 4.88. The lowest BCUT2D eigenvalue weighted by atomic mass is 9.99. The monoisotopic (exact) mass is 232 g/mol. The fraction of sp³-hybridized carbons (Fsp3) is 0.500. The number of nitrogens with two attached hydrogens (primary N) is 1. The first-order valence-electron chi connectivity index (χ1n) is 6.23. The van der Waals surface area contributed by atoms with Gasteiger partial charge in [0.05, 0.1) is 12.1 Å². The first-order chi connectivity index (χ1) is 8.11. The summed E-state index contributed by atoms with van der Waals surface area (Å²) in [7, 11) is 0. The predicted octanol–water partition coefficient (Wildman–Crippen LogP) is 2.01. The van der Waals surface area contributed by atoms with Crippen LogP contribution < -0.4 is 5.73 Å². The molecule has 3 heteroatoms. The number of hydrogen-bond acceptors (Lipinski definition) is 2. The Morgan fingerprint density at radius 2 is 2.18 bits per heavy atom. The van der Waals surface area contributed by atoms with E-state index < -0.39 is 6.04 Å². The van der Waals surface area contributed by atoms with Crippen LogP contribution in [0, 0.1) is 6.92 Å². The van der Waals surface area contributed by atoms with Crippen LogP contribution in [0.5, 0.6) is 0 Å². The van der Waals surface area contributed by atoms with Crippen molar-refractivity contribution in [2.24, 2.45) is 5.73 Å². The number of hydrogen-bond donors (Lipinski definition) is 1. The topological polar surface area (TPSA) is 46.3 Å². The molecule has 0 bridgehead atoms. The summed E-state index contributed by atoms with van der Waals surface area (Å²) in [5.74, 6) is 0.0655. The number of benzene rings is 1. The van der Waals surface area contributed by atoms with Crippen molar-refractivity contribution in [3.63, 3.8) is 0 Å². The molecule has 1 aromatic carbocycles. The van der Waals surface area contributed by atoms with Crippen molar-refractivity contribution in [3.05, 3.63) is 35.4 Å². The minimum absolute atomic E-state index is 0.0655. The second-order valence-corrected chi connectivity index (χ2v) is 4.83. The van der Waals surface area contributed by atoms with Crippen LogP contribution in [0.3, 0.4) is 0 Å². The SMILES string of the molecule is Cc1ccccc1C1CCCN1C(=O)[C@@H](C)N. The Morgan fingerprint density at radius 1 is 1.47 bits per heavy atom. The first-order valence-corrected chi connectivity index (χ1v) is 6.23. The summed E-state index contributed by atoms with van der Waals surface area (Å²) in [5.41, 5.74) is 8.22. The maximum Gasteiger partial charge on any atom is 0.239 e. The van der Waals surface area contributed by atoms with Gasteiger partial charge in [0.15, 0.2) is 0 Å². The maximum atomic E-state index is 12.0. The van der Waals surface area contributed by atoms with E-state index in [1.165, 1.54) is 11.1 Å². The lowest BCUT2D eigenvalue weighted by Gasteiger charge is -2.27. The summed E-state index contributed by atoms with van der Waals surface area (Å²) in [4.78, 5) is 14.0. The normalized spacial score (nSPS) is 21.6. The smallest absolute Gasteiger partial charge is 0.239 e. The molecule has 0 saturated carbocycles. The number of carbonyl (C=O) groups is 1. The van der Waals surface area contributed by atoms with Crippen LogP contribution in [-0.2, 0) is 4.79 Å². The van der Waals surface area contributed by atoms with Gasteiger partial charge in [0.2, 0.25) is 5.91 Å². The molecular weight excluding hydrogens is 212 g/mol. The zero-order valence-corrected chi connectivity index (χ0v) is 10.5. The fourth-order valence-electron chi connectivity index (χ4n) is 2.58. The van der Waals surface area contributed by atoms with Crippen molar-refractivity contribution in [2.75, 3.05) is 6.54 Å². The lowest BCUT2D eigenvalue weighted by Crippen LogP contribution is -2.41. The van der Waals surface area contributed by atoms with Gasteiger partial charge in [0, 0.05) is 6.54 Å². The van der Waals surface area contributed by atoms with Crippen molar-refractivity contribution < 1.29 is 4.79 Å². The number of amides is 1. The maximum absolute atomic E-state index is 12.0. The molecule has 1 heterocycles. The molecule has 2 atom stereocenters. The minimum atomic E-state index is -0.403. The molecule has 17 heavy (non-hydrogen) atoms. The zero-order chi connectivity index (χ0) is 12.4. The molecule has 1 fully saturated rings. The van der Waals surface area contributed by atoms with Crippen molar-refractivity contribution in [2.45, 2.75) is 38.8 Å². The average Bonchev–Trinajstić information content (AvgIpc) is 2.77. The number of carbonyl (C=O) groups excluding carboxylic acids is 1. The number of aryl methyl sites for hydroxylation is 1.